The van der Waals surface area contributed by atoms with Crippen molar-refractivity contribution in [2.24, 2.45) is 5.92 Å². The monoisotopic (exact) mass is 470 g/mol. The van der Waals surface area contributed by atoms with E-state index in [-0.39, 0.29) is 36.4 Å². The zero-order valence-electron chi connectivity index (χ0n) is 19.8. The van der Waals surface area contributed by atoms with Gasteiger partial charge in [-0.05, 0) is 54.8 Å². The second-order valence-electron chi connectivity index (χ2n) is 9.24. The van der Waals surface area contributed by atoms with Gasteiger partial charge in [0.15, 0.2) is 0 Å². The van der Waals surface area contributed by atoms with Crippen LogP contribution in [0.5, 0.6) is 5.75 Å². The molecule has 2 aromatic rings. The second-order valence-corrected chi connectivity index (χ2v) is 10.2. The van der Waals surface area contributed by atoms with Gasteiger partial charge in [0.05, 0.1) is 18.7 Å². The fourth-order valence-electron chi connectivity index (χ4n) is 4.65. The molecule has 0 aliphatic carbocycles. The number of hydrogen-bond acceptors (Lipinski definition) is 5. The van der Waals surface area contributed by atoms with Crippen LogP contribution >= 0.6 is 11.3 Å². The Labute approximate surface area is 200 Å². The number of aryl methyl sites for hydroxylation is 1. The molecule has 3 heterocycles. The van der Waals surface area contributed by atoms with Crippen molar-refractivity contribution in [2.75, 3.05) is 32.8 Å². The van der Waals surface area contributed by atoms with Crippen LogP contribution in [0.3, 0.4) is 0 Å². The van der Waals surface area contributed by atoms with Crippen molar-refractivity contribution >= 4 is 23.2 Å². The molecule has 178 valence electrons. The minimum absolute atomic E-state index is 0.000192. The van der Waals surface area contributed by atoms with Gasteiger partial charge in [-0.3, -0.25) is 9.59 Å². The second kappa shape index (κ2) is 10.7. The van der Waals surface area contributed by atoms with Gasteiger partial charge in [0, 0.05) is 30.5 Å². The molecule has 2 aliphatic heterocycles. The third-order valence-electron chi connectivity index (χ3n) is 6.49. The molecule has 1 aromatic heterocycles. The number of carbonyl (C=O) groups excluding carboxylic acids is 2. The molecule has 0 bridgehead atoms. The normalized spacial score (nSPS) is 20.1. The van der Waals surface area contributed by atoms with Crippen LogP contribution in [0.25, 0.3) is 0 Å². The van der Waals surface area contributed by atoms with Crippen LogP contribution in [-0.4, -0.2) is 60.6 Å². The molecule has 0 radical (unpaired) electrons. The van der Waals surface area contributed by atoms with E-state index in [1.54, 1.807) is 16.2 Å². The van der Waals surface area contributed by atoms with Crippen LogP contribution in [0.4, 0.5) is 0 Å². The molecule has 2 amide bonds. The minimum Gasteiger partial charge on any atom is -0.491 e. The van der Waals surface area contributed by atoms with E-state index in [0.717, 1.165) is 42.7 Å². The molecule has 0 spiro atoms. The van der Waals surface area contributed by atoms with Crippen LogP contribution in [-0.2, 0) is 20.7 Å². The molecule has 1 saturated heterocycles. The molecule has 0 unspecified atom stereocenters. The highest BCUT2D eigenvalue weighted by Gasteiger charge is 2.34. The molecule has 0 N–H and O–H groups in total. The average Bonchev–Trinajstić information content (AvgIpc) is 3.49. The summed E-state index contributed by atoms with van der Waals surface area (Å²) in [4.78, 5) is 31.4. The number of hydrogen-bond donors (Lipinski definition) is 0. The van der Waals surface area contributed by atoms with Gasteiger partial charge in [0.25, 0.3) is 0 Å². The summed E-state index contributed by atoms with van der Waals surface area (Å²) in [7, 11) is 0. The largest absolute Gasteiger partial charge is 0.491 e. The number of carbonyl (C=O) groups is 2. The number of nitrogens with zero attached hydrogens (tertiary/aromatic N) is 2. The number of fused-ring (bicyclic) bond motifs is 1. The van der Waals surface area contributed by atoms with Gasteiger partial charge in [-0.2, -0.15) is 0 Å². The molecule has 2 atom stereocenters. The quantitative estimate of drug-likeness (QED) is 0.580. The first kappa shape index (κ1) is 23.8. The lowest BCUT2D eigenvalue weighted by molar-refractivity contribution is -0.145. The molecule has 6 nitrogen and oxygen atoms in total. The first-order valence-electron chi connectivity index (χ1n) is 11.9. The highest BCUT2D eigenvalue weighted by molar-refractivity contribution is 7.10. The number of para-hydroxylation sites is 1. The van der Waals surface area contributed by atoms with Crippen LogP contribution in [0.15, 0.2) is 35.7 Å². The van der Waals surface area contributed by atoms with Gasteiger partial charge >= 0.3 is 0 Å². The molecular formula is C26H34N2O4S. The van der Waals surface area contributed by atoms with Gasteiger partial charge < -0.3 is 19.3 Å². The van der Waals surface area contributed by atoms with Crippen molar-refractivity contribution in [3.63, 3.8) is 0 Å². The summed E-state index contributed by atoms with van der Waals surface area (Å²) >= 11 is 1.74. The van der Waals surface area contributed by atoms with E-state index in [2.05, 4.69) is 11.4 Å². The van der Waals surface area contributed by atoms with E-state index in [1.807, 2.05) is 49.9 Å². The van der Waals surface area contributed by atoms with Crippen molar-refractivity contribution < 1.29 is 19.1 Å². The SMILES string of the molecule is Cc1ccccc1OC[C@@H]1c2ccsc2CCN1C(=O)CN(C[C@@H]1CCCO1)C(=O)C(C)C. The summed E-state index contributed by atoms with van der Waals surface area (Å²) in [5.74, 6) is 0.642. The first-order valence-corrected chi connectivity index (χ1v) is 12.8. The molecule has 0 saturated carbocycles. The third kappa shape index (κ3) is 5.58. The summed E-state index contributed by atoms with van der Waals surface area (Å²) in [6, 6.07) is 9.88. The first-order chi connectivity index (χ1) is 15.9. The maximum atomic E-state index is 13.6. The molecule has 33 heavy (non-hydrogen) atoms. The predicted octanol–water partition coefficient (Wildman–Crippen LogP) is 4.22. The van der Waals surface area contributed by atoms with Gasteiger partial charge in [0.1, 0.15) is 12.4 Å². The van der Waals surface area contributed by atoms with Crippen LogP contribution in [0.2, 0.25) is 0 Å². The number of ether oxygens (including phenoxy) is 2. The van der Waals surface area contributed by atoms with Gasteiger partial charge in [-0.1, -0.05) is 32.0 Å². The van der Waals surface area contributed by atoms with Gasteiger partial charge in [0.2, 0.25) is 11.8 Å². The summed E-state index contributed by atoms with van der Waals surface area (Å²) < 4.78 is 12.0. The molecule has 1 fully saturated rings. The number of benzene rings is 1. The predicted molar refractivity (Wildman–Crippen MR) is 130 cm³/mol. The number of rotatable bonds is 8. The van der Waals surface area contributed by atoms with Gasteiger partial charge in [-0.15, -0.1) is 11.3 Å². The summed E-state index contributed by atoms with van der Waals surface area (Å²) in [6.45, 7) is 8.10. The Bertz CT molecular complexity index is 967. The van der Waals surface area contributed by atoms with E-state index in [0.29, 0.717) is 19.7 Å². The van der Waals surface area contributed by atoms with Crippen molar-refractivity contribution in [3.05, 3.63) is 51.7 Å². The van der Waals surface area contributed by atoms with E-state index in [4.69, 9.17) is 9.47 Å². The highest BCUT2D eigenvalue weighted by atomic mass is 32.1. The lowest BCUT2D eigenvalue weighted by Gasteiger charge is -2.37. The van der Waals surface area contributed by atoms with Crippen LogP contribution < -0.4 is 4.74 Å². The average molecular weight is 471 g/mol. The molecule has 7 heteroatoms. The van der Waals surface area contributed by atoms with E-state index < -0.39 is 0 Å². The van der Waals surface area contributed by atoms with Crippen LogP contribution in [0, 0.1) is 12.8 Å². The Hall–Kier alpha value is -2.38. The van der Waals surface area contributed by atoms with Gasteiger partial charge in [-0.25, -0.2) is 0 Å². The molecule has 2 aliphatic rings. The summed E-state index contributed by atoms with van der Waals surface area (Å²) in [6.07, 6.45) is 2.80. The van der Waals surface area contributed by atoms with E-state index in [1.165, 1.54) is 4.88 Å². The molecular weight excluding hydrogens is 436 g/mol. The van der Waals surface area contributed by atoms with E-state index in [9.17, 15) is 9.59 Å². The van der Waals surface area contributed by atoms with Crippen molar-refractivity contribution in [3.8, 4) is 5.75 Å². The van der Waals surface area contributed by atoms with E-state index >= 15 is 0 Å². The fourth-order valence-corrected chi connectivity index (χ4v) is 5.58. The summed E-state index contributed by atoms with van der Waals surface area (Å²) in [5.41, 5.74) is 2.23. The Kier molecular flexibility index (Phi) is 7.71. The van der Waals surface area contributed by atoms with Crippen molar-refractivity contribution in [1.82, 2.24) is 9.80 Å². The smallest absolute Gasteiger partial charge is 0.242 e. The minimum atomic E-state index is -0.163. The lowest BCUT2D eigenvalue weighted by atomic mass is 10.00. The van der Waals surface area contributed by atoms with Crippen LogP contribution in [0.1, 0.15) is 48.7 Å². The third-order valence-corrected chi connectivity index (χ3v) is 7.48. The highest BCUT2D eigenvalue weighted by Crippen LogP contribution is 2.34. The van der Waals surface area contributed by atoms with Crippen molar-refractivity contribution in [2.45, 2.75) is 52.2 Å². The zero-order chi connectivity index (χ0) is 23.4. The Morgan fingerprint density at radius 2 is 2.09 bits per heavy atom. The lowest BCUT2D eigenvalue weighted by Crippen LogP contribution is -2.50. The topological polar surface area (TPSA) is 59.1 Å². The number of thiophene rings is 1. The fraction of sp³-hybridized carbons (Fsp3) is 0.538. The number of amides is 2. The summed E-state index contributed by atoms with van der Waals surface area (Å²) in [5, 5.41) is 2.09. The van der Waals surface area contributed by atoms with Crippen molar-refractivity contribution in [1.29, 1.82) is 0 Å². The zero-order valence-corrected chi connectivity index (χ0v) is 20.6. The Morgan fingerprint density at radius 1 is 1.27 bits per heavy atom. The maximum absolute atomic E-state index is 13.6. The Morgan fingerprint density at radius 3 is 2.82 bits per heavy atom. The molecule has 1 aromatic carbocycles. The Balaban J connectivity index is 1.50. The molecule has 4 rings (SSSR count). The maximum Gasteiger partial charge on any atom is 0.242 e. The standard InChI is InChI=1S/C26H34N2O4S/c1-18(2)26(30)27(15-20-8-6-13-31-20)16-25(29)28-12-10-24-21(11-14-33-24)22(28)17-32-23-9-5-4-7-19(23)3/h4-5,7,9,11,14,18,20,22H,6,8,10,12-13,15-17H2,1-3H3/t20-,22+/m0/s1.